The summed E-state index contributed by atoms with van der Waals surface area (Å²) in [6.45, 7) is 0. The Morgan fingerprint density at radius 3 is 2.84 bits per heavy atom. The highest BCUT2D eigenvalue weighted by Gasteiger charge is 2.26. The maximum atomic E-state index is 13.5. The summed E-state index contributed by atoms with van der Waals surface area (Å²) < 4.78 is 14.2. The first-order chi connectivity index (χ1) is 8.56. The molecule has 3 nitrogen and oxygen atoms in total. The van der Waals surface area contributed by atoms with Crippen molar-refractivity contribution >= 4 is 39.9 Å². The van der Waals surface area contributed by atoms with Crippen LogP contribution >= 0.6 is 28.3 Å². The van der Waals surface area contributed by atoms with E-state index in [1.807, 2.05) is 0 Å². The number of nitrogens with one attached hydrogen (secondary N) is 1. The van der Waals surface area contributed by atoms with E-state index in [9.17, 15) is 9.18 Å². The molecule has 1 amide bonds. The number of amides is 1. The number of carbonyl (C=O) groups is 1. The van der Waals surface area contributed by atoms with Gasteiger partial charge in [-0.25, -0.2) is 4.39 Å². The van der Waals surface area contributed by atoms with E-state index in [2.05, 4.69) is 21.2 Å². The molecule has 2 atom stereocenters. The van der Waals surface area contributed by atoms with Crippen LogP contribution in [-0.2, 0) is 4.79 Å². The third-order valence-corrected chi connectivity index (χ3v) is 3.86. The molecule has 0 aliphatic heterocycles. The second kappa shape index (κ2) is 7.22. The first kappa shape index (κ1) is 16.4. The lowest BCUT2D eigenvalue weighted by molar-refractivity contribution is -0.117. The second-order valence-electron chi connectivity index (χ2n) is 4.73. The Balaban J connectivity index is 0.00000180. The Kier molecular flexibility index (Phi) is 6.23. The predicted molar refractivity (Wildman–Crippen MR) is 79.9 cm³/mol. The molecule has 1 saturated carbocycles. The number of hydrogen-bond donors (Lipinski definition) is 2. The molecule has 2 rings (SSSR count). The van der Waals surface area contributed by atoms with E-state index >= 15 is 0 Å². The maximum Gasteiger partial charge on any atom is 0.224 e. The maximum absolute atomic E-state index is 13.5. The van der Waals surface area contributed by atoms with Crippen molar-refractivity contribution in [3.8, 4) is 0 Å². The predicted octanol–water partition coefficient (Wildman–Crippen LogP) is 3.47. The third-order valence-electron chi connectivity index (χ3n) is 3.37. The molecule has 3 N–H and O–H groups in total. The summed E-state index contributed by atoms with van der Waals surface area (Å²) in [7, 11) is 0. The molecular weight excluding hydrogens is 335 g/mol. The summed E-state index contributed by atoms with van der Waals surface area (Å²) in [6.07, 6.45) is 3.40. The van der Waals surface area contributed by atoms with E-state index in [-0.39, 0.29) is 36.0 Å². The van der Waals surface area contributed by atoms with Gasteiger partial charge in [-0.1, -0.05) is 22.4 Å². The van der Waals surface area contributed by atoms with E-state index < -0.39 is 5.82 Å². The van der Waals surface area contributed by atoms with Gasteiger partial charge in [0.25, 0.3) is 0 Å². The monoisotopic (exact) mass is 350 g/mol. The van der Waals surface area contributed by atoms with Crippen LogP contribution in [0.3, 0.4) is 0 Å². The Morgan fingerprint density at radius 2 is 2.21 bits per heavy atom. The number of nitrogens with two attached hydrogens (primary N) is 1. The highest BCUT2D eigenvalue weighted by Crippen LogP contribution is 2.27. The zero-order valence-electron chi connectivity index (χ0n) is 10.4. The molecular formula is C13H17BrClFN2O. The molecule has 1 aliphatic rings. The minimum absolute atomic E-state index is 0. The van der Waals surface area contributed by atoms with Gasteiger partial charge in [-0.05, 0) is 37.0 Å². The summed E-state index contributed by atoms with van der Waals surface area (Å²) in [5, 5.41) is 2.60. The molecule has 0 aromatic heterocycles. The molecule has 0 bridgehead atoms. The van der Waals surface area contributed by atoms with Crippen LogP contribution in [0.15, 0.2) is 22.7 Å². The van der Waals surface area contributed by atoms with Crippen LogP contribution in [0.1, 0.15) is 25.7 Å². The number of carbonyl (C=O) groups excluding carboxylic acids is 1. The molecule has 0 heterocycles. The minimum Gasteiger partial charge on any atom is -0.327 e. The molecule has 0 radical (unpaired) electrons. The van der Waals surface area contributed by atoms with Crippen molar-refractivity contribution in [2.45, 2.75) is 31.7 Å². The summed E-state index contributed by atoms with van der Waals surface area (Å²) in [5.41, 5.74) is 6.12. The van der Waals surface area contributed by atoms with Crippen LogP contribution in [-0.4, -0.2) is 11.9 Å². The first-order valence-corrected chi connectivity index (χ1v) is 6.86. The molecule has 19 heavy (non-hydrogen) atoms. The quantitative estimate of drug-likeness (QED) is 0.876. The lowest BCUT2D eigenvalue weighted by Crippen LogP contribution is -2.28. The third kappa shape index (κ3) is 4.44. The molecule has 1 aliphatic carbocycles. The summed E-state index contributed by atoms with van der Waals surface area (Å²) >= 11 is 3.25. The van der Waals surface area contributed by atoms with E-state index in [1.165, 1.54) is 6.07 Å². The van der Waals surface area contributed by atoms with Gasteiger partial charge < -0.3 is 11.1 Å². The Hall–Kier alpha value is -0.650. The highest BCUT2D eigenvalue weighted by molar-refractivity contribution is 9.10. The Labute approximate surface area is 126 Å². The number of hydrogen-bond acceptors (Lipinski definition) is 2. The van der Waals surface area contributed by atoms with Gasteiger partial charge in [0.15, 0.2) is 0 Å². The van der Waals surface area contributed by atoms with Gasteiger partial charge in [-0.2, -0.15) is 0 Å². The smallest absolute Gasteiger partial charge is 0.224 e. The Bertz CT molecular complexity index is 458. The summed E-state index contributed by atoms with van der Waals surface area (Å²) in [5.74, 6) is -0.378. The number of halogens is 3. The fraction of sp³-hybridized carbons (Fsp3) is 0.462. The van der Waals surface area contributed by atoms with Crippen molar-refractivity contribution in [2.24, 2.45) is 11.7 Å². The van der Waals surface area contributed by atoms with Gasteiger partial charge >= 0.3 is 0 Å². The molecule has 1 aromatic carbocycles. The van der Waals surface area contributed by atoms with E-state index in [0.29, 0.717) is 6.42 Å². The molecule has 0 unspecified atom stereocenters. The SMILES string of the molecule is Cl.N[C@@H]1CCC[C@H]1CC(=O)Nc1cc(Br)ccc1F. The fourth-order valence-corrected chi connectivity index (χ4v) is 2.71. The van der Waals surface area contributed by atoms with Crippen LogP contribution < -0.4 is 11.1 Å². The largest absolute Gasteiger partial charge is 0.327 e. The zero-order valence-corrected chi connectivity index (χ0v) is 12.8. The lowest BCUT2D eigenvalue weighted by Gasteiger charge is -2.15. The normalized spacial score (nSPS) is 21.8. The van der Waals surface area contributed by atoms with Crippen molar-refractivity contribution in [3.63, 3.8) is 0 Å². The van der Waals surface area contributed by atoms with Gasteiger partial charge in [0, 0.05) is 16.9 Å². The lowest BCUT2D eigenvalue weighted by atomic mass is 10.00. The zero-order chi connectivity index (χ0) is 13.1. The van der Waals surface area contributed by atoms with Crippen LogP contribution in [0.5, 0.6) is 0 Å². The van der Waals surface area contributed by atoms with Crippen LogP contribution in [0.2, 0.25) is 0 Å². The van der Waals surface area contributed by atoms with Crippen LogP contribution in [0.25, 0.3) is 0 Å². The van der Waals surface area contributed by atoms with E-state index in [1.54, 1.807) is 12.1 Å². The first-order valence-electron chi connectivity index (χ1n) is 6.07. The average Bonchev–Trinajstić information content (AvgIpc) is 2.70. The molecule has 1 fully saturated rings. The van der Waals surface area contributed by atoms with Crippen LogP contribution in [0.4, 0.5) is 10.1 Å². The van der Waals surface area contributed by atoms with Gasteiger partial charge in [0.2, 0.25) is 5.91 Å². The van der Waals surface area contributed by atoms with Crippen molar-refractivity contribution < 1.29 is 9.18 Å². The van der Waals surface area contributed by atoms with Crippen molar-refractivity contribution in [1.29, 1.82) is 0 Å². The standard InChI is InChI=1S/C13H16BrFN2O.ClH/c14-9-4-5-10(15)12(7-9)17-13(18)6-8-2-1-3-11(8)16;/h4-5,7-8,11H,1-3,6,16H2,(H,17,18);1H/t8-,11+;/m0./s1. The van der Waals surface area contributed by atoms with Gasteiger partial charge in [0.05, 0.1) is 5.69 Å². The topological polar surface area (TPSA) is 55.1 Å². The van der Waals surface area contributed by atoms with Crippen molar-refractivity contribution in [3.05, 3.63) is 28.5 Å². The molecule has 0 saturated heterocycles. The molecule has 6 heteroatoms. The highest BCUT2D eigenvalue weighted by atomic mass is 79.9. The van der Waals surface area contributed by atoms with Gasteiger partial charge in [-0.3, -0.25) is 4.79 Å². The number of benzene rings is 1. The van der Waals surface area contributed by atoms with Crippen LogP contribution in [0, 0.1) is 11.7 Å². The van der Waals surface area contributed by atoms with E-state index in [4.69, 9.17) is 5.73 Å². The second-order valence-corrected chi connectivity index (χ2v) is 5.65. The summed E-state index contributed by atoms with van der Waals surface area (Å²) in [4.78, 5) is 11.8. The minimum atomic E-state index is -0.428. The molecule has 1 aromatic rings. The van der Waals surface area contributed by atoms with E-state index in [0.717, 1.165) is 23.7 Å². The molecule has 106 valence electrons. The van der Waals surface area contributed by atoms with Gasteiger partial charge in [-0.15, -0.1) is 12.4 Å². The average molecular weight is 352 g/mol. The number of rotatable bonds is 3. The van der Waals surface area contributed by atoms with Crippen molar-refractivity contribution in [2.75, 3.05) is 5.32 Å². The van der Waals surface area contributed by atoms with Crippen molar-refractivity contribution in [1.82, 2.24) is 0 Å². The molecule has 0 spiro atoms. The fourth-order valence-electron chi connectivity index (χ4n) is 2.35. The van der Waals surface area contributed by atoms with Gasteiger partial charge in [0.1, 0.15) is 5.82 Å². The summed E-state index contributed by atoms with van der Waals surface area (Å²) in [6, 6.07) is 4.57. The Morgan fingerprint density at radius 1 is 1.47 bits per heavy atom. The number of anilines is 1.